The van der Waals surface area contributed by atoms with Crippen LogP contribution in [0.25, 0.3) is 0 Å². The maximum absolute atomic E-state index is 12.4. The Morgan fingerprint density at radius 2 is 1.69 bits per heavy atom. The third kappa shape index (κ3) is 4.93. The van der Waals surface area contributed by atoms with Gasteiger partial charge in [0.1, 0.15) is 11.4 Å². The molecule has 2 rings (SSSR count). The summed E-state index contributed by atoms with van der Waals surface area (Å²) in [7, 11) is -2.33. The van der Waals surface area contributed by atoms with Crippen LogP contribution in [0.4, 0.5) is 17.1 Å². The summed E-state index contributed by atoms with van der Waals surface area (Å²) >= 11 is 0. The van der Waals surface area contributed by atoms with Crippen molar-refractivity contribution < 1.29 is 18.1 Å². The Hall–Kier alpha value is -2.65. The van der Waals surface area contributed by atoms with E-state index in [1.54, 1.807) is 45.0 Å². The van der Waals surface area contributed by atoms with Crippen molar-refractivity contribution in [3.63, 3.8) is 0 Å². The highest BCUT2D eigenvalue weighted by atomic mass is 32.2. The Morgan fingerprint density at radius 3 is 2.19 bits per heavy atom. The van der Waals surface area contributed by atoms with E-state index in [-0.39, 0.29) is 16.3 Å². The molecule has 0 heterocycles. The molecule has 0 saturated carbocycles. The number of anilines is 2. The molecule has 0 aliphatic rings. The number of hydrogen-bond donors (Lipinski definition) is 2. The molecule has 0 fully saturated rings. The fourth-order valence-electron chi connectivity index (χ4n) is 2.23. The number of benzene rings is 2. The SMILES string of the molecule is COc1ccc(Nc2ccc(S(=O)(=O)NC(C)(C)C)cc2[N+](=O)[O-])cc1. The highest BCUT2D eigenvalue weighted by Gasteiger charge is 2.25. The molecular formula is C17H21N3O5S. The van der Waals surface area contributed by atoms with E-state index in [9.17, 15) is 18.5 Å². The zero-order valence-electron chi connectivity index (χ0n) is 14.9. The monoisotopic (exact) mass is 379 g/mol. The molecule has 2 aromatic rings. The molecule has 0 bridgehead atoms. The van der Waals surface area contributed by atoms with Crippen LogP contribution in [0.5, 0.6) is 5.75 Å². The van der Waals surface area contributed by atoms with E-state index in [4.69, 9.17) is 4.74 Å². The lowest BCUT2D eigenvalue weighted by molar-refractivity contribution is -0.384. The maximum Gasteiger partial charge on any atom is 0.294 e. The van der Waals surface area contributed by atoms with Crippen molar-refractivity contribution in [3.05, 3.63) is 52.6 Å². The van der Waals surface area contributed by atoms with Crippen LogP contribution in [0.2, 0.25) is 0 Å². The molecule has 0 aromatic heterocycles. The second-order valence-electron chi connectivity index (χ2n) is 6.65. The van der Waals surface area contributed by atoms with Gasteiger partial charge in [-0.25, -0.2) is 13.1 Å². The van der Waals surface area contributed by atoms with Gasteiger partial charge < -0.3 is 10.1 Å². The smallest absolute Gasteiger partial charge is 0.294 e. The van der Waals surface area contributed by atoms with Crippen molar-refractivity contribution in [1.82, 2.24) is 4.72 Å². The van der Waals surface area contributed by atoms with Gasteiger partial charge in [0.2, 0.25) is 10.0 Å². The molecule has 0 aliphatic heterocycles. The summed E-state index contributed by atoms with van der Waals surface area (Å²) < 4.78 is 32.3. The largest absolute Gasteiger partial charge is 0.497 e. The van der Waals surface area contributed by atoms with E-state index in [2.05, 4.69) is 10.0 Å². The van der Waals surface area contributed by atoms with Crippen molar-refractivity contribution in [2.75, 3.05) is 12.4 Å². The molecule has 2 N–H and O–H groups in total. The lowest BCUT2D eigenvalue weighted by Gasteiger charge is -2.20. The number of methoxy groups -OCH3 is 1. The fourth-order valence-corrected chi connectivity index (χ4v) is 3.67. The van der Waals surface area contributed by atoms with Gasteiger partial charge in [0.05, 0.1) is 16.9 Å². The van der Waals surface area contributed by atoms with Gasteiger partial charge >= 0.3 is 0 Å². The summed E-state index contributed by atoms with van der Waals surface area (Å²) in [5, 5.41) is 14.3. The Kier molecular flexibility index (Phi) is 5.53. The van der Waals surface area contributed by atoms with Crippen LogP contribution in [0.3, 0.4) is 0 Å². The average molecular weight is 379 g/mol. The number of hydrogen-bond acceptors (Lipinski definition) is 6. The zero-order chi connectivity index (χ0) is 19.5. The van der Waals surface area contributed by atoms with Crippen molar-refractivity contribution in [2.24, 2.45) is 0 Å². The third-order valence-corrected chi connectivity index (χ3v) is 5.04. The second-order valence-corrected chi connectivity index (χ2v) is 8.33. The maximum atomic E-state index is 12.4. The van der Waals surface area contributed by atoms with E-state index in [1.165, 1.54) is 19.2 Å². The number of sulfonamides is 1. The Balaban J connectivity index is 2.38. The Labute approximate surface area is 152 Å². The van der Waals surface area contributed by atoms with Crippen LogP contribution < -0.4 is 14.8 Å². The van der Waals surface area contributed by atoms with Gasteiger partial charge in [-0.2, -0.15) is 0 Å². The van der Waals surface area contributed by atoms with Gasteiger partial charge in [-0.3, -0.25) is 10.1 Å². The van der Waals surface area contributed by atoms with E-state index in [0.29, 0.717) is 11.4 Å². The van der Waals surface area contributed by atoms with Crippen molar-refractivity contribution >= 4 is 27.1 Å². The molecular weight excluding hydrogens is 358 g/mol. The van der Waals surface area contributed by atoms with Gasteiger partial charge in [-0.15, -0.1) is 0 Å². The first-order valence-corrected chi connectivity index (χ1v) is 9.24. The van der Waals surface area contributed by atoms with Crippen LogP contribution in [0.15, 0.2) is 47.4 Å². The highest BCUT2D eigenvalue weighted by Crippen LogP contribution is 2.31. The van der Waals surface area contributed by atoms with E-state index in [1.807, 2.05) is 0 Å². The first kappa shape index (κ1) is 19.7. The topological polar surface area (TPSA) is 111 Å². The molecule has 0 saturated heterocycles. The number of nitro benzene ring substituents is 1. The molecule has 9 heteroatoms. The minimum Gasteiger partial charge on any atom is -0.497 e. The molecule has 0 unspecified atom stereocenters. The van der Waals surface area contributed by atoms with Crippen LogP contribution >= 0.6 is 0 Å². The van der Waals surface area contributed by atoms with E-state index < -0.39 is 20.5 Å². The first-order chi connectivity index (χ1) is 12.0. The molecule has 140 valence electrons. The molecule has 0 radical (unpaired) electrons. The van der Waals surface area contributed by atoms with Crippen LogP contribution in [-0.4, -0.2) is 26.0 Å². The second kappa shape index (κ2) is 7.30. The summed E-state index contributed by atoms with van der Waals surface area (Å²) in [4.78, 5) is 10.6. The Morgan fingerprint density at radius 1 is 1.08 bits per heavy atom. The normalized spacial score (nSPS) is 11.8. The van der Waals surface area contributed by atoms with Gasteiger partial charge in [-0.05, 0) is 57.2 Å². The fraction of sp³-hybridized carbons (Fsp3) is 0.294. The summed E-state index contributed by atoms with van der Waals surface area (Å²) in [6.07, 6.45) is 0. The van der Waals surface area contributed by atoms with Crippen molar-refractivity contribution in [1.29, 1.82) is 0 Å². The lowest BCUT2D eigenvalue weighted by Crippen LogP contribution is -2.40. The van der Waals surface area contributed by atoms with Gasteiger partial charge in [0.15, 0.2) is 0 Å². The van der Waals surface area contributed by atoms with Gasteiger partial charge in [0.25, 0.3) is 5.69 Å². The number of rotatable bonds is 6. The molecule has 0 aliphatic carbocycles. The molecule has 0 amide bonds. The number of ether oxygens (including phenoxy) is 1. The molecule has 26 heavy (non-hydrogen) atoms. The molecule has 8 nitrogen and oxygen atoms in total. The molecule has 0 atom stereocenters. The summed E-state index contributed by atoms with van der Waals surface area (Å²) in [5.41, 5.74) is -0.238. The van der Waals surface area contributed by atoms with E-state index in [0.717, 1.165) is 6.07 Å². The summed E-state index contributed by atoms with van der Waals surface area (Å²) in [6, 6.07) is 10.6. The quantitative estimate of drug-likeness (QED) is 0.588. The third-order valence-electron chi connectivity index (χ3n) is 3.29. The first-order valence-electron chi connectivity index (χ1n) is 7.75. The minimum atomic E-state index is -3.87. The van der Waals surface area contributed by atoms with Crippen LogP contribution in [0, 0.1) is 10.1 Å². The average Bonchev–Trinajstić information content (AvgIpc) is 2.53. The van der Waals surface area contributed by atoms with Crippen LogP contribution in [-0.2, 0) is 10.0 Å². The predicted molar refractivity (Wildman–Crippen MR) is 99.4 cm³/mol. The van der Waals surface area contributed by atoms with Crippen molar-refractivity contribution in [2.45, 2.75) is 31.2 Å². The number of nitrogens with zero attached hydrogens (tertiary/aromatic N) is 1. The minimum absolute atomic E-state index is 0.167. The number of nitro groups is 1. The Bertz CT molecular complexity index is 903. The van der Waals surface area contributed by atoms with Crippen LogP contribution in [0.1, 0.15) is 20.8 Å². The molecule has 2 aromatic carbocycles. The summed E-state index contributed by atoms with van der Waals surface area (Å²) in [6.45, 7) is 5.08. The zero-order valence-corrected chi connectivity index (χ0v) is 15.8. The van der Waals surface area contributed by atoms with Crippen molar-refractivity contribution in [3.8, 4) is 5.75 Å². The molecule has 0 spiro atoms. The summed E-state index contributed by atoms with van der Waals surface area (Å²) in [5.74, 6) is 0.653. The predicted octanol–water partition coefficient (Wildman–Crippen LogP) is 3.42. The van der Waals surface area contributed by atoms with E-state index >= 15 is 0 Å². The van der Waals surface area contributed by atoms with Gasteiger partial charge in [0, 0.05) is 17.3 Å². The van der Waals surface area contributed by atoms with Gasteiger partial charge in [-0.1, -0.05) is 0 Å². The lowest BCUT2D eigenvalue weighted by atomic mass is 10.1. The standard InChI is InChI=1S/C17H21N3O5S/c1-17(2,3)19-26(23,24)14-9-10-15(16(11-14)20(21)22)18-12-5-7-13(25-4)8-6-12/h5-11,18-19H,1-4H3. The number of nitrogens with one attached hydrogen (secondary N) is 2. The highest BCUT2D eigenvalue weighted by molar-refractivity contribution is 7.89.